The molecule has 0 spiro atoms. The molecule has 0 saturated carbocycles. The first kappa shape index (κ1) is 9.49. The zero-order valence-electron chi connectivity index (χ0n) is 6.50. The van der Waals surface area contributed by atoms with E-state index in [1.54, 1.807) is 24.3 Å². The third kappa shape index (κ3) is 2.47. The third-order valence-corrected chi connectivity index (χ3v) is 1.97. The van der Waals surface area contributed by atoms with Crippen LogP contribution in [0.1, 0.15) is 5.56 Å². The molecule has 0 fully saturated rings. The van der Waals surface area contributed by atoms with Gasteiger partial charge in [-0.05, 0) is 11.6 Å². The monoisotopic (exact) mass is 188 g/mol. The summed E-state index contributed by atoms with van der Waals surface area (Å²) >= 11 is 5.78. The molecular formula is C9H10ClFO. The summed E-state index contributed by atoms with van der Waals surface area (Å²) in [7, 11) is 0. The molecule has 0 radical (unpaired) electrons. The Bertz CT molecular complexity index is 252. The number of aliphatic hydroxyl groups is 1. The van der Waals surface area contributed by atoms with Crippen molar-refractivity contribution in [3.8, 4) is 0 Å². The second-order valence-electron chi connectivity index (χ2n) is 2.58. The van der Waals surface area contributed by atoms with Crippen LogP contribution < -0.4 is 0 Å². The Labute approximate surface area is 75.8 Å². The first-order chi connectivity index (χ1) is 5.74. The average Bonchev–Trinajstić information content (AvgIpc) is 2.09. The Morgan fingerprint density at radius 2 is 2.08 bits per heavy atom. The summed E-state index contributed by atoms with van der Waals surface area (Å²) < 4.78 is 12.7. The normalized spacial score (nSPS) is 12.9. The van der Waals surface area contributed by atoms with E-state index in [2.05, 4.69) is 0 Å². The van der Waals surface area contributed by atoms with E-state index in [4.69, 9.17) is 16.7 Å². The van der Waals surface area contributed by atoms with Gasteiger partial charge in [-0.15, -0.1) is 0 Å². The van der Waals surface area contributed by atoms with Crippen molar-refractivity contribution >= 4 is 11.6 Å². The van der Waals surface area contributed by atoms with E-state index in [0.717, 1.165) is 5.56 Å². The molecule has 0 aliphatic rings. The second-order valence-corrected chi connectivity index (χ2v) is 2.98. The number of hydrogen-bond donors (Lipinski definition) is 1. The molecule has 0 unspecified atom stereocenters. The van der Waals surface area contributed by atoms with E-state index in [0.29, 0.717) is 5.02 Å². The highest BCUT2D eigenvalue weighted by Crippen LogP contribution is 2.17. The molecule has 0 aromatic heterocycles. The van der Waals surface area contributed by atoms with Gasteiger partial charge in [0.25, 0.3) is 0 Å². The highest BCUT2D eigenvalue weighted by molar-refractivity contribution is 6.31. The zero-order chi connectivity index (χ0) is 8.97. The van der Waals surface area contributed by atoms with Crippen LogP contribution >= 0.6 is 11.6 Å². The Morgan fingerprint density at radius 3 is 2.67 bits per heavy atom. The molecule has 1 N–H and O–H groups in total. The standard InChI is InChI=1S/C9H10ClFO/c10-9-4-2-1-3-7(9)5-8(11)6-12/h1-4,8,12H,5-6H2/t8-/m0/s1. The molecule has 1 atom stereocenters. The number of hydrogen-bond acceptors (Lipinski definition) is 1. The molecule has 0 aliphatic carbocycles. The number of halogens is 2. The van der Waals surface area contributed by atoms with Crippen LogP contribution in [-0.2, 0) is 6.42 Å². The SMILES string of the molecule is OC[C@@H](F)Cc1ccccc1Cl. The molecule has 1 rings (SSSR count). The molecule has 0 heterocycles. The van der Waals surface area contributed by atoms with Crippen molar-refractivity contribution in [3.05, 3.63) is 34.9 Å². The van der Waals surface area contributed by atoms with Gasteiger partial charge in [0.1, 0.15) is 6.17 Å². The lowest BCUT2D eigenvalue weighted by Crippen LogP contribution is -2.09. The lowest BCUT2D eigenvalue weighted by atomic mass is 10.1. The minimum absolute atomic E-state index is 0.177. The highest BCUT2D eigenvalue weighted by atomic mass is 35.5. The zero-order valence-corrected chi connectivity index (χ0v) is 7.26. The van der Waals surface area contributed by atoms with Crippen molar-refractivity contribution in [2.45, 2.75) is 12.6 Å². The Hall–Kier alpha value is -0.600. The molecule has 1 aromatic rings. The minimum Gasteiger partial charge on any atom is -0.393 e. The largest absolute Gasteiger partial charge is 0.393 e. The summed E-state index contributed by atoms with van der Waals surface area (Å²) in [5.41, 5.74) is 0.737. The number of alkyl halides is 1. The van der Waals surface area contributed by atoms with Crippen LogP contribution in [0.3, 0.4) is 0 Å². The first-order valence-corrected chi connectivity index (χ1v) is 4.10. The molecule has 1 nitrogen and oxygen atoms in total. The summed E-state index contributed by atoms with van der Waals surface area (Å²) in [6.07, 6.45) is -1.04. The lowest BCUT2D eigenvalue weighted by molar-refractivity contribution is 0.177. The van der Waals surface area contributed by atoms with Crippen molar-refractivity contribution in [2.75, 3.05) is 6.61 Å². The Morgan fingerprint density at radius 1 is 1.42 bits per heavy atom. The fourth-order valence-electron chi connectivity index (χ4n) is 0.967. The summed E-state index contributed by atoms with van der Waals surface area (Å²) in [4.78, 5) is 0. The van der Waals surface area contributed by atoms with Crippen molar-refractivity contribution in [1.29, 1.82) is 0 Å². The van der Waals surface area contributed by atoms with E-state index in [-0.39, 0.29) is 6.42 Å². The fourth-order valence-corrected chi connectivity index (χ4v) is 1.18. The summed E-state index contributed by atoms with van der Waals surface area (Å²) in [6.45, 7) is -0.453. The number of benzene rings is 1. The van der Waals surface area contributed by atoms with Crippen LogP contribution in [0.25, 0.3) is 0 Å². The van der Waals surface area contributed by atoms with Gasteiger partial charge in [0.15, 0.2) is 0 Å². The van der Waals surface area contributed by atoms with Crippen LogP contribution in [0.2, 0.25) is 5.02 Å². The van der Waals surface area contributed by atoms with E-state index >= 15 is 0 Å². The van der Waals surface area contributed by atoms with Crippen molar-refractivity contribution < 1.29 is 9.50 Å². The minimum atomic E-state index is -1.22. The van der Waals surface area contributed by atoms with Gasteiger partial charge >= 0.3 is 0 Å². The molecule has 0 saturated heterocycles. The Kier molecular flexibility index (Phi) is 3.50. The lowest BCUT2D eigenvalue weighted by Gasteiger charge is -2.05. The van der Waals surface area contributed by atoms with Gasteiger partial charge in [0.2, 0.25) is 0 Å². The molecule has 0 amide bonds. The maximum absolute atomic E-state index is 12.7. The van der Waals surface area contributed by atoms with E-state index in [1.807, 2.05) is 0 Å². The van der Waals surface area contributed by atoms with Crippen LogP contribution in [0, 0.1) is 0 Å². The predicted molar refractivity (Wildman–Crippen MR) is 47.1 cm³/mol. The number of aliphatic hydroxyl groups excluding tert-OH is 1. The van der Waals surface area contributed by atoms with Crippen molar-refractivity contribution in [1.82, 2.24) is 0 Å². The van der Waals surface area contributed by atoms with Gasteiger partial charge in [-0.3, -0.25) is 0 Å². The third-order valence-electron chi connectivity index (χ3n) is 1.60. The quantitative estimate of drug-likeness (QED) is 0.771. The molecule has 0 bridgehead atoms. The average molecular weight is 189 g/mol. The maximum atomic E-state index is 12.7. The van der Waals surface area contributed by atoms with Crippen LogP contribution in [0.5, 0.6) is 0 Å². The van der Waals surface area contributed by atoms with Crippen LogP contribution in [-0.4, -0.2) is 17.9 Å². The van der Waals surface area contributed by atoms with Crippen molar-refractivity contribution in [2.24, 2.45) is 0 Å². The predicted octanol–water partition coefficient (Wildman–Crippen LogP) is 2.21. The molecular weight excluding hydrogens is 179 g/mol. The van der Waals surface area contributed by atoms with Gasteiger partial charge in [0, 0.05) is 11.4 Å². The number of rotatable bonds is 3. The van der Waals surface area contributed by atoms with Gasteiger partial charge in [0.05, 0.1) is 6.61 Å². The van der Waals surface area contributed by atoms with E-state index in [9.17, 15) is 4.39 Å². The summed E-state index contributed by atoms with van der Waals surface area (Å²) in [5.74, 6) is 0. The molecule has 12 heavy (non-hydrogen) atoms. The summed E-state index contributed by atoms with van der Waals surface area (Å²) in [6, 6.07) is 7.05. The fraction of sp³-hybridized carbons (Fsp3) is 0.333. The smallest absolute Gasteiger partial charge is 0.127 e. The first-order valence-electron chi connectivity index (χ1n) is 3.72. The highest BCUT2D eigenvalue weighted by Gasteiger charge is 2.07. The maximum Gasteiger partial charge on any atom is 0.127 e. The summed E-state index contributed by atoms with van der Waals surface area (Å²) in [5, 5.41) is 9.02. The van der Waals surface area contributed by atoms with Crippen LogP contribution in [0.4, 0.5) is 4.39 Å². The van der Waals surface area contributed by atoms with Gasteiger partial charge in [-0.1, -0.05) is 29.8 Å². The second kappa shape index (κ2) is 4.43. The van der Waals surface area contributed by atoms with E-state index < -0.39 is 12.8 Å². The van der Waals surface area contributed by atoms with Crippen molar-refractivity contribution in [3.63, 3.8) is 0 Å². The Balaban J connectivity index is 2.69. The van der Waals surface area contributed by atoms with Gasteiger partial charge < -0.3 is 5.11 Å². The topological polar surface area (TPSA) is 20.2 Å². The molecule has 0 aliphatic heterocycles. The van der Waals surface area contributed by atoms with Gasteiger partial charge in [-0.25, -0.2) is 4.39 Å². The molecule has 1 aromatic carbocycles. The molecule has 66 valence electrons. The molecule has 3 heteroatoms. The van der Waals surface area contributed by atoms with E-state index in [1.165, 1.54) is 0 Å². The van der Waals surface area contributed by atoms with Crippen LogP contribution in [0.15, 0.2) is 24.3 Å². The van der Waals surface area contributed by atoms with Gasteiger partial charge in [-0.2, -0.15) is 0 Å².